The number of benzene rings is 1. The van der Waals surface area contributed by atoms with Gasteiger partial charge in [0.1, 0.15) is 5.75 Å². The van der Waals surface area contributed by atoms with Gasteiger partial charge in [0.05, 0.1) is 19.8 Å². The van der Waals surface area contributed by atoms with Crippen LogP contribution in [0.25, 0.3) is 0 Å². The molecule has 0 aliphatic carbocycles. The molecule has 1 unspecified atom stereocenters. The fraction of sp³-hybridized carbons (Fsp3) is 0.400. The van der Waals surface area contributed by atoms with Gasteiger partial charge in [-0.25, -0.2) is 0 Å². The second-order valence-corrected chi connectivity index (χ2v) is 4.75. The van der Waals surface area contributed by atoms with E-state index >= 15 is 0 Å². The molecule has 108 valence electrons. The van der Waals surface area contributed by atoms with Crippen molar-refractivity contribution >= 4 is 0 Å². The molecule has 2 N–H and O–H groups in total. The number of methoxy groups -OCH3 is 1. The third-order valence-corrected chi connectivity index (χ3v) is 3.22. The first kappa shape index (κ1) is 14.6. The molecule has 0 radical (unpaired) electrons. The van der Waals surface area contributed by atoms with Crippen LogP contribution in [0, 0.1) is 0 Å². The fourth-order valence-electron chi connectivity index (χ4n) is 2.14. The van der Waals surface area contributed by atoms with E-state index in [9.17, 15) is 5.11 Å². The van der Waals surface area contributed by atoms with Gasteiger partial charge in [0.2, 0.25) is 0 Å². The maximum Gasteiger partial charge on any atom is 0.123 e. The van der Waals surface area contributed by atoms with Crippen LogP contribution in [0.15, 0.2) is 42.7 Å². The summed E-state index contributed by atoms with van der Waals surface area (Å²) < 4.78 is 7.06. The van der Waals surface area contributed by atoms with E-state index in [1.54, 1.807) is 18.0 Å². The minimum Gasteiger partial charge on any atom is -0.496 e. The second-order valence-electron chi connectivity index (χ2n) is 4.75. The van der Waals surface area contributed by atoms with Crippen LogP contribution in [-0.2, 0) is 6.54 Å². The molecule has 0 saturated carbocycles. The molecule has 0 spiro atoms. The van der Waals surface area contributed by atoms with Crippen molar-refractivity contribution in [3.8, 4) is 5.75 Å². The van der Waals surface area contributed by atoms with Crippen LogP contribution in [-0.4, -0.2) is 34.6 Å². The maximum absolute atomic E-state index is 9.99. The number of aliphatic hydroxyl groups excluding tert-OH is 1. The third kappa shape index (κ3) is 3.82. The quantitative estimate of drug-likeness (QED) is 0.806. The van der Waals surface area contributed by atoms with E-state index in [0.717, 1.165) is 11.3 Å². The molecule has 5 heteroatoms. The first-order chi connectivity index (χ1) is 9.70. The van der Waals surface area contributed by atoms with Crippen molar-refractivity contribution in [1.82, 2.24) is 15.1 Å². The maximum atomic E-state index is 9.99. The Bertz CT molecular complexity index is 514. The first-order valence-corrected chi connectivity index (χ1v) is 6.72. The highest BCUT2D eigenvalue weighted by Crippen LogP contribution is 2.24. The second kappa shape index (κ2) is 7.07. The standard InChI is InChI=1S/C15H21N3O2/c1-12(14-6-3-4-7-15(14)20-2)16-10-13(19)11-18-9-5-8-17-18/h3-9,12-13,16,19H,10-11H2,1-2H3/t12-,13?/m1/s1. The van der Waals surface area contributed by atoms with E-state index in [2.05, 4.69) is 17.3 Å². The number of rotatable bonds is 7. The highest BCUT2D eigenvalue weighted by molar-refractivity contribution is 5.35. The lowest BCUT2D eigenvalue weighted by molar-refractivity contribution is 0.143. The highest BCUT2D eigenvalue weighted by atomic mass is 16.5. The molecule has 0 fully saturated rings. The van der Waals surface area contributed by atoms with Crippen molar-refractivity contribution in [2.45, 2.75) is 25.6 Å². The first-order valence-electron chi connectivity index (χ1n) is 6.72. The average molecular weight is 275 g/mol. The summed E-state index contributed by atoms with van der Waals surface area (Å²) in [5.41, 5.74) is 1.08. The zero-order valence-corrected chi connectivity index (χ0v) is 11.9. The van der Waals surface area contributed by atoms with Crippen molar-refractivity contribution in [3.05, 3.63) is 48.3 Å². The lowest BCUT2D eigenvalue weighted by Gasteiger charge is -2.19. The van der Waals surface area contributed by atoms with Crippen LogP contribution >= 0.6 is 0 Å². The molecule has 1 aromatic heterocycles. The molecule has 2 atom stereocenters. The van der Waals surface area contributed by atoms with E-state index in [1.807, 2.05) is 36.5 Å². The summed E-state index contributed by atoms with van der Waals surface area (Å²) in [6.45, 7) is 3.04. The van der Waals surface area contributed by atoms with Crippen LogP contribution in [0.1, 0.15) is 18.5 Å². The number of nitrogens with zero attached hydrogens (tertiary/aromatic N) is 2. The molecular formula is C15H21N3O2. The Hall–Kier alpha value is -1.85. The molecule has 0 bridgehead atoms. The molecule has 0 aliphatic rings. The summed E-state index contributed by atoms with van der Waals surface area (Å²) in [7, 11) is 1.66. The molecule has 5 nitrogen and oxygen atoms in total. The molecule has 20 heavy (non-hydrogen) atoms. The molecule has 2 aromatic rings. The van der Waals surface area contributed by atoms with Gasteiger partial charge in [0.15, 0.2) is 0 Å². The van der Waals surface area contributed by atoms with Gasteiger partial charge in [-0.15, -0.1) is 0 Å². The Kier molecular flexibility index (Phi) is 5.15. The lowest BCUT2D eigenvalue weighted by Crippen LogP contribution is -2.32. The smallest absolute Gasteiger partial charge is 0.123 e. The van der Waals surface area contributed by atoms with Gasteiger partial charge >= 0.3 is 0 Å². The predicted octanol–water partition coefficient (Wildman–Crippen LogP) is 1.60. The lowest BCUT2D eigenvalue weighted by atomic mass is 10.1. The zero-order valence-electron chi connectivity index (χ0n) is 11.9. The summed E-state index contributed by atoms with van der Waals surface area (Å²) in [5, 5.41) is 17.4. The zero-order chi connectivity index (χ0) is 14.4. The molecular weight excluding hydrogens is 254 g/mol. The SMILES string of the molecule is COc1ccccc1[C@@H](C)NCC(O)Cn1cccn1. The minimum absolute atomic E-state index is 0.110. The molecule has 1 heterocycles. The van der Waals surface area contributed by atoms with E-state index < -0.39 is 6.10 Å². The van der Waals surface area contributed by atoms with Crippen molar-refractivity contribution in [2.24, 2.45) is 0 Å². The van der Waals surface area contributed by atoms with Crippen molar-refractivity contribution in [2.75, 3.05) is 13.7 Å². The normalized spacial score (nSPS) is 13.9. The summed E-state index contributed by atoms with van der Waals surface area (Å²) >= 11 is 0. The summed E-state index contributed by atoms with van der Waals surface area (Å²) in [6.07, 6.45) is 3.07. The third-order valence-electron chi connectivity index (χ3n) is 3.22. The van der Waals surface area contributed by atoms with Gasteiger partial charge in [-0.2, -0.15) is 5.10 Å². The van der Waals surface area contributed by atoms with Gasteiger partial charge in [-0.3, -0.25) is 4.68 Å². The number of aromatic nitrogens is 2. The Morgan fingerprint density at radius 1 is 1.35 bits per heavy atom. The molecule has 0 aliphatic heterocycles. The van der Waals surface area contributed by atoms with Crippen LogP contribution in [0.2, 0.25) is 0 Å². The van der Waals surface area contributed by atoms with Crippen molar-refractivity contribution in [1.29, 1.82) is 0 Å². The predicted molar refractivity (Wildman–Crippen MR) is 77.6 cm³/mol. The average Bonchev–Trinajstić information content (AvgIpc) is 2.97. The Labute approximate surface area is 119 Å². The number of para-hydroxylation sites is 1. The Balaban J connectivity index is 1.86. The number of ether oxygens (including phenoxy) is 1. The van der Waals surface area contributed by atoms with E-state index in [0.29, 0.717) is 13.1 Å². The largest absolute Gasteiger partial charge is 0.496 e. The number of aliphatic hydroxyl groups is 1. The van der Waals surface area contributed by atoms with E-state index in [-0.39, 0.29) is 6.04 Å². The Morgan fingerprint density at radius 2 is 2.15 bits per heavy atom. The van der Waals surface area contributed by atoms with Crippen LogP contribution in [0.3, 0.4) is 0 Å². The van der Waals surface area contributed by atoms with Gasteiger partial charge in [-0.05, 0) is 19.1 Å². The van der Waals surface area contributed by atoms with Crippen LogP contribution < -0.4 is 10.1 Å². The van der Waals surface area contributed by atoms with E-state index in [4.69, 9.17) is 4.74 Å². The molecule has 0 amide bonds. The summed E-state index contributed by atoms with van der Waals surface area (Å²) in [4.78, 5) is 0. The summed E-state index contributed by atoms with van der Waals surface area (Å²) in [6, 6.07) is 9.85. The topological polar surface area (TPSA) is 59.3 Å². The van der Waals surface area contributed by atoms with Gasteiger partial charge in [-0.1, -0.05) is 18.2 Å². The van der Waals surface area contributed by atoms with Crippen LogP contribution in [0.4, 0.5) is 0 Å². The molecule has 1 aromatic carbocycles. The monoisotopic (exact) mass is 275 g/mol. The molecule has 0 saturated heterocycles. The fourth-order valence-corrected chi connectivity index (χ4v) is 2.14. The molecule has 2 rings (SSSR count). The van der Waals surface area contributed by atoms with E-state index in [1.165, 1.54) is 0 Å². The van der Waals surface area contributed by atoms with Gasteiger partial charge < -0.3 is 15.2 Å². The summed E-state index contributed by atoms with van der Waals surface area (Å²) in [5.74, 6) is 0.856. The number of nitrogens with one attached hydrogen (secondary N) is 1. The van der Waals surface area contributed by atoms with Gasteiger partial charge in [0.25, 0.3) is 0 Å². The Morgan fingerprint density at radius 3 is 2.85 bits per heavy atom. The van der Waals surface area contributed by atoms with Crippen molar-refractivity contribution < 1.29 is 9.84 Å². The van der Waals surface area contributed by atoms with Crippen molar-refractivity contribution in [3.63, 3.8) is 0 Å². The highest BCUT2D eigenvalue weighted by Gasteiger charge is 2.12. The number of hydrogen-bond acceptors (Lipinski definition) is 4. The van der Waals surface area contributed by atoms with Gasteiger partial charge in [0, 0.05) is 30.5 Å². The van der Waals surface area contributed by atoms with Crippen LogP contribution in [0.5, 0.6) is 5.75 Å². The number of hydrogen-bond donors (Lipinski definition) is 2. The minimum atomic E-state index is -0.480.